The predicted octanol–water partition coefficient (Wildman–Crippen LogP) is 1.86. The lowest BCUT2D eigenvalue weighted by molar-refractivity contribution is -0.256. The normalized spacial score (nSPS) is 55.3. The van der Waals surface area contributed by atoms with Crippen LogP contribution in [0.25, 0.3) is 0 Å². The van der Waals surface area contributed by atoms with Gasteiger partial charge in [-0.2, -0.15) is 0 Å². The molecule has 11 nitrogen and oxygen atoms in total. The van der Waals surface area contributed by atoms with Crippen molar-refractivity contribution in [3.05, 3.63) is 24.3 Å². The van der Waals surface area contributed by atoms with Gasteiger partial charge in [0.1, 0.15) is 6.10 Å². The van der Waals surface area contributed by atoms with E-state index in [2.05, 4.69) is 36.5 Å². The van der Waals surface area contributed by atoms with Crippen LogP contribution in [0.1, 0.15) is 86.0 Å². The van der Waals surface area contributed by atoms with Crippen LogP contribution in [-0.4, -0.2) is 110 Å². The van der Waals surface area contributed by atoms with Crippen molar-refractivity contribution < 1.29 is 40.2 Å². The van der Waals surface area contributed by atoms with Crippen molar-refractivity contribution in [3.63, 3.8) is 0 Å². The number of Topliss-reactive ketones (excluding diaryl/α,β-unsaturated/α-hetero) is 1. The van der Waals surface area contributed by atoms with Gasteiger partial charge < -0.3 is 46.4 Å². The Morgan fingerprint density at radius 2 is 1.87 bits per heavy atom. The van der Waals surface area contributed by atoms with Crippen molar-refractivity contribution in [2.45, 2.75) is 134 Å². The van der Waals surface area contributed by atoms with Crippen molar-refractivity contribution in [1.82, 2.24) is 5.32 Å². The number of hydrogen-bond acceptors (Lipinski definition) is 11. The molecule has 0 amide bonds. The van der Waals surface area contributed by atoms with E-state index < -0.39 is 81.1 Å². The molecule has 52 heavy (non-hydrogen) atoms. The second kappa shape index (κ2) is 12.2. The number of nitrogens with one attached hydrogen (secondary N) is 1. The zero-order valence-electron chi connectivity index (χ0n) is 31.6. The average Bonchev–Trinajstić information content (AvgIpc) is 3.46. The summed E-state index contributed by atoms with van der Waals surface area (Å²) in [5.41, 5.74) is 0.344. The Labute approximate surface area is 308 Å². The molecule has 2 spiro atoms. The van der Waals surface area contributed by atoms with Gasteiger partial charge in [0, 0.05) is 41.2 Å². The number of rotatable bonds is 6. The maximum atomic E-state index is 15.3. The monoisotopic (exact) mass is 725 g/mol. The van der Waals surface area contributed by atoms with Gasteiger partial charge in [-0.15, -0.1) is 0 Å². The van der Waals surface area contributed by atoms with Crippen LogP contribution >= 0.6 is 0 Å². The van der Waals surface area contributed by atoms with Gasteiger partial charge in [-0.25, -0.2) is 0 Å². The van der Waals surface area contributed by atoms with Crippen LogP contribution in [0, 0.1) is 63.1 Å². The number of aliphatic imine (C=N–C) groups is 1. The van der Waals surface area contributed by atoms with Gasteiger partial charge in [-0.05, 0) is 100 Å². The van der Waals surface area contributed by atoms with Crippen LogP contribution in [-0.2, 0) is 9.53 Å². The molecular formula is C41H63N3O8. The molecule has 9 aliphatic rings. The molecule has 2 bridgehead atoms. The lowest BCUT2D eigenvalue weighted by atomic mass is 9.30. The van der Waals surface area contributed by atoms with E-state index in [4.69, 9.17) is 15.5 Å². The highest BCUT2D eigenvalue weighted by atomic mass is 16.5. The van der Waals surface area contributed by atoms with E-state index in [1.54, 1.807) is 13.8 Å². The zero-order chi connectivity index (χ0) is 37.4. The van der Waals surface area contributed by atoms with Crippen LogP contribution in [0.5, 0.6) is 0 Å². The summed E-state index contributed by atoms with van der Waals surface area (Å²) in [6.07, 6.45) is 8.32. The number of carbonyl (C=O) groups is 1. The Morgan fingerprint density at radius 3 is 2.52 bits per heavy atom. The Balaban J connectivity index is 1.33. The van der Waals surface area contributed by atoms with E-state index in [1.807, 2.05) is 13.8 Å². The van der Waals surface area contributed by atoms with Crippen molar-refractivity contribution in [1.29, 1.82) is 0 Å². The number of nitrogens with two attached hydrogens (primary N) is 1. The molecule has 0 aromatic rings. The SMILES string of the molecule is CC(O)CN=C1C(=O)C2CC(O)C(O)CC23CC2(C4CCC(N)NC4)C=CC4CC5(C)C(C(C)(O)C(O)C6OCC(C)C6C)CCC5(O)C1C43C=C2. The standard InChI is InChI=1S/C41H63N3O8/c1-21-19-52-33(23(21)3)35(49)37(5,50)29-9-11-41(51)34-31(44-17-22(2)45)32(48)26-14-27(46)28(47)16-39(26)20-38(25-6-7-30(42)43-18-25)10-8-24(15-36(29,41)4)40(34,39)13-12-38/h8,10,12-13,21-30,33-35,43,45-47,49-51H,6-7,9,11,14-20,42H2,1-5H3. The molecular weight excluding hydrogens is 662 g/mol. The van der Waals surface area contributed by atoms with Gasteiger partial charge in [0.25, 0.3) is 0 Å². The third-order valence-corrected chi connectivity index (χ3v) is 16.9. The number of ketones is 1. The molecule has 0 aromatic carbocycles. The van der Waals surface area contributed by atoms with E-state index >= 15 is 4.79 Å². The van der Waals surface area contributed by atoms with Gasteiger partial charge in [0.15, 0.2) is 5.78 Å². The lowest BCUT2D eigenvalue weighted by Gasteiger charge is -2.73. The highest BCUT2D eigenvalue weighted by molar-refractivity contribution is 6.43. The third kappa shape index (κ3) is 4.76. The van der Waals surface area contributed by atoms with Crippen molar-refractivity contribution in [3.8, 4) is 0 Å². The van der Waals surface area contributed by atoms with Crippen LogP contribution in [0.15, 0.2) is 29.3 Å². The molecule has 4 saturated carbocycles. The Hall–Kier alpha value is -1.54. The minimum absolute atomic E-state index is 0.0115. The van der Waals surface area contributed by atoms with Crippen LogP contribution in [0.2, 0.25) is 0 Å². The molecule has 2 heterocycles. The number of fused-ring (bicyclic) bond motifs is 2. The largest absolute Gasteiger partial charge is 0.391 e. The highest BCUT2D eigenvalue weighted by Crippen LogP contribution is 2.80. The molecule has 2 saturated heterocycles. The summed E-state index contributed by atoms with van der Waals surface area (Å²) < 4.78 is 6.09. The molecule has 0 aromatic heterocycles. The number of piperidine rings is 1. The lowest BCUT2D eigenvalue weighted by Crippen LogP contribution is -2.77. The molecule has 0 radical (unpaired) electrons. The van der Waals surface area contributed by atoms with Crippen LogP contribution in [0.4, 0.5) is 0 Å². The predicted molar refractivity (Wildman–Crippen MR) is 195 cm³/mol. The van der Waals surface area contributed by atoms with E-state index in [1.165, 1.54) is 0 Å². The Kier molecular flexibility index (Phi) is 8.79. The molecule has 7 aliphatic carbocycles. The van der Waals surface area contributed by atoms with E-state index in [9.17, 15) is 30.6 Å². The van der Waals surface area contributed by atoms with Crippen molar-refractivity contribution in [2.24, 2.45) is 73.8 Å². The fourth-order valence-electron chi connectivity index (χ4n) is 14.0. The number of nitrogens with zero attached hydrogens (tertiary/aromatic N) is 1. The molecule has 9 rings (SSSR count). The van der Waals surface area contributed by atoms with Gasteiger partial charge in [-0.3, -0.25) is 9.79 Å². The van der Waals surface area contributed by atoms with Crippen molar-refractivity contribution >= 4 is 11.5 Å². The van der Waals surface area contributed by atoms with Gasteiger partial charge in [0.2, 0.25) is 0 Å². The summed E-state index contributed by atoms with van der Waals surface area (Å²) in [5.74, 6) is -1.95. The highest BCUT2D eigenvalue weighted by Gasteiger charge is 2.82. The average molecular weight is 726 g/mol. The molecule has 6 fully saturated rings. The summed E-state index contributed by atoms with van der Waals surface area (Å²) in [4.78, 5) is 20.2. The minimum Gasteiger partial charge on any atom is -0.391 e. The Morgan fingerprint density at radius 1 is 1.12 bits per heavy atom. The second-order valence-electron chi connectivity index (χ2n) is 19.4. The molecule has 290 valence electrons. The van der Waals surface area contributed by atoms with Crippen molar-refractivity contribution in [2.75, 3.05) is 19.7 Å². The number of ether oxygens (including phenoxy) is 1. The second-order valence-corrected chi connectivity index (χ2v) is 19.4. The summed E-state index contributed by atoms with van der Waals surface area (Å²) in [6, 6.07) is 0. The molecule has 11 heteroatoms. The number of carbonyl (C=O) groups excluding carboxylic acids is 1. The zero-order valence-corrected chi connectivity index (χ0v) is 31.6. The first-order valence-corrected chi connectivity index (χ1v) is 20.1. The van der Waals surface area contributed by atoms with Crippen LogP contribution in [0.3, 0.4) is 0 Å². The molecule has 2 aliphatic heterocycles. The molecule has 19 unspecified atom stereocenters. The summed E-state index contributed by atoms with van der Waals surface area (Å²) in [5, 5.41) is 75.0. The fraction of sp³-hybridized carbons (Fsp3) is 0.854. The first kappa shape index (κ1) is 37.4. The van der Waals surface area contributed by atoms with E-state index in [-0.39, 0.29) is 67.1 Å². The summed E-state index contributed by atoms with van der Waals surface area (Å²) in [7, 11) is 0. The fourth-order valence-corrected chi connectivity index (χ4v) is 14.0. The van der Waals surface area contributed by atoms with Gasteiger partial charge in [0.05, 0.1) is 54.0 Å². The van der Waals surface area contributed by atoms with Gasteiger partial charge in [-0.1, -0.05) is 45.1 Å². The summed E-state index contributed by atoms with van der Waals surface area (Å²) >= 11 is 0. The van der Waals surface area contributed by atoms with Gasteiger partial charge >= 0.3 is 0 Å². The number of aliphatic hydroxyl groups excluding tert-OH is 4. The van der Waals surface area contributed by atoms with E-state index in [0.717, 1.165) is 12.8 Å². The topological polar surface area (TPSA) is 198 Å². The smallest absolute Gasteiger partial charge is 0.180 e. The molecule has 19 atom stereocenters. The third-order valence-electron chi connectivity index (χ3n) is 16.9. The first-order valence-electron chi connectivity index (χ1n) is 20.1. The quantitative estimate of drug-likeness (QED) is 0.187. The number of aliphatic hydroxyl groups is 6. The number of allylic oxidation sites excluding steroid dienone is 4. The first-order chi connectivity index (χ1) is 24.4. The minimum atomic E-state index is -1.62. The van der Waals surface area contributed by atoms with Crippen LogP contribution < -0.4 is 11.1 Å². The number of hydrogen-bond donors (Lipinski definition) is 8. The Bertz CT molecular complexity index is 1540. The molecule has 9 N–H and O–H groups in total. The maximum Gasteiger partial charge on any atom is 0.180 e. The van der Waals surface area contributed by atoms with E-state index in [0.29, 0.717) is 32.4 Å². The summed E-state index contributed by atoms with van der Waals surface area (Å²) in [6.45, 7) is 10.7. The maximum absolute atomic E-state index is 15.3.